The van der Waals surface area contributed by atoms with Crippen molar-refractivity contribution >= 4 is 17.2 Å². The highest BCUT2D eigenvalue weighted by atomic mass is 32.1. The SMILES string of the molecule is O=C(c1cccs1)N1CCC[C@H]1Cn1nnc(-c2ccncc2)n1. The van der Waals surface area contributed by atoms with Crippen LogP contribution in [0.2, 0.25) is 0 Å². The fraction of sp³-hybridized carbons (Fsp3) is 0.312. The Bertz CT molecular complexity index is 816. The molecule has 24 heavy (non-hydrogen) atoms. The number of pyridine rings is 1. The number of rotatable bonds is 4. The molecule has 8 heteroatoms. The van der Waals surface area contributed by atoms with Gasteiger partial charge in [-0.15, -0.1) is 21.5 Å². The summed E-state index contributed by atoms with van der Waals surface area (Å²) in [6.07, 6.45) is 5.37. The highest BCUT2D eigenvalue weighted by molar-refractivity contribution is 7.12. The molecule has 7 nitrogen and oxygen atoms in total. The summed E-state index contributed by atoms with van der Waals surface area (Å²) in [6.45, 7) is 1.35. The predicted octanol–water partition coefficient (Wildman–Crippen LogP) is 2.10. The number of tetrazole rings is 1. The van der Waals surface area contributed by atoms with Gasteiger partial charge in [0.2, 0.25) is 5.82 Å². The Labute approximate surface area is 142 Å². The van der Waals surface area contributed by atoms with Crippen LogP contribution >= 0.6 is 11.3 Å². The minimum absolute atomic E-state index is 0.0990. The molecule has 0 radical (unpaired) electrons. The minimum Gasteiger partial charge on any atom is -0.333 e. The first-order valence-corrected chi connectivity index (χ1v) is 8.72. The van der Waals surface area contributed by atoms with E-state index >= 15 is 0 Å². The molecule has 1 atom stereocenters. The molecule has 1 fully saturated rings. The molecule has 0 aliphatic carbocycles. The van der Waals surface area contributed by atoms with Crippen molar-refractivity contribution in [2.45, 2.75) is 25.4 Å². The number of likely N-dealkylation sites (tertiary alicyclic amines) is 1. The molecule has 0 N–H and O–H groups in total. The van der Waals surface area contributed by atoms with Crippen molar-refractivity contribution in [3.05, 3.63) is 46.9 Å². The molecule has 4 heterocycles. The van der Waals surface area contributed by atoms with E-state index in [1.807, 2.05) is 34.5 Å². The Balaban J connectivity index is 1.49. The van der Waals surface area contributed by atoms with Gasteiger partial charge in [0.15, 0.2) is 0 Å². The summed E-state index contributed by atoms with van der Waals surface area (Å²) < 4.78 is 0. The molecule has 1 amide bonds. The van der Waals surface area contributed by atoms with Crippen LogP contribution < -0.4 is 0 Å². The molecule has 4 rings (SSSR count). The van der Waals surface area contributed by atoms with Crippen LogP contribution in [0.25, 0.3) is 11.4 Å². The summed E-state index contributed by atoms with van der Waals surface area (Å²) >= 11 is 1.48. The number of amides is 1. The standard InChI is InChI=1S/C16H16N6OS/c23-16(14-4-2-10-24-14)21-9-1-3-13(21)11-22-19-15(18-20-22)12-5-7-17-8-6-12/h2,4-8,10,13H,1,3,9,11H2/t13-/m0/s1. The van der Waals surface area contributed by atoms with Crippen LogP contribution in [0.15, 0.2) is 42.0 Å². The van der Waals surface area contributed by atoms with Gasteiger partial charge in [-0.05, 0) is 41.6 Å². The average molecular weight is 340 g/mol. The Hall–Kier alpha value is -2.61. The van der Waals surface area contributed by atoms with Crippen molar-refractivity contribution in [3.63, 3.8) is 0 Å². The highest BCUT2D eigenvalue weighted by Gasteiger charge is 2.30. The highest BCUT2D eigenvalue weighted by Crippen LogP contribution is 2.23. The molecule has 122 valence electrons. The summed E-state index contributed by atoms with van der Waals surface area (Å²) in [5, 5.41) is 14.6. The lowest BCUT2D eigenvalue weighted by atomic mass is 10.2. The van der Waals surface area contributed by atoms with Crippen LogP contribution in [0.1, 0.15) is 22.5 Å². The molecule has 3 aromatic heterocycles. The Morgan fingerprint density at radius 1 is 1.29 bits per heavy atom. The average Bonchev–Trinajstić information content (AvgIpc) is 3.37. The predicted molar refractivity (Wildman–Crippen MR) is 89.4 cm³/mol. The molecule has 0 unspecified atom stereocenters. The number of carbonyl (C=O) groups is 1. The van der Waals surface area contributed by atoms with Crippen molar-refractivity contribution in [2.24, 2.45) is 0 Å². The van der Waals surface area contributed by atoms with Crippen molar-refractivity contribution in [1.82, 2.24) is 30.1 Å². The lowest BCUT2D eigenvalue weighted by molar-refractivity contribution is 0.0723. The van der Waals surface area contributed by atoms with E-state index in [9.17, 15) is 4.79 Å². The van der Waals surface area contributed by atoms with Gasteiger partial charge >= 0.3 is 0 Å². The summed E-state index contributed by atoms with van der Waals surface area (Å²) in [4.78, 5) is 20.9. The zero-order valence-electron chi connectivity index (χ0n) is 12.9. The van der Waals surface area contributed by atoms with Crippen LogP contribution in [0, 0.1) is 0 Å². The van der Waals surface area contributed by atoms with Gasteiger partial charge in [0.1, 0.15) is 0 Å². The molecule has 0 aromatic carbocycles. The Morgan fingerprint density at radius 3 is 2.96 bits per heavy atom. The fourth-order valence-electron chi connectivity index (χ4n) is 2.96. The van der Waals surface area contributed by atoms with Crippen molar-refractivity contribution < 1.29 is 4.79 Å². The van der Waals surface area contributed by atoms with E-state index in [2.05, 4.69) is 20.4 Å². The summed E-state index contributed by atoms with van der Waals surface area (Å²) in [6, 6.07) is 7.59. The zero-order chi connectivity index (χ0) is 16.4. The second-order valence-corrected chi connectivity index (χ2v) is 6.62. The topological polar surface area (TPSA) is 76.8 Å². The lowest BCUT2D eigenvalue weighted by Gasteiger charge is -2.23. The zero-order valence-corrected chi connectivity index (χ0v) is 13.8. The fourth-order valence-corrected chi connectivity index (χ4v) is 3.64. The summed E-state index contributed by atoms with van der Waals surface area (Å²) in [5.74, 6) is 0.675. The van der Waals surface area contributed by atoms with E-state index in [4.69, 9.17) is 0 Å². The second-order valence-electron chi connectivity index (χ2n) is 5.68. The first-order valence-electron chi connectivity index (χ1n) is 7.84. The number of nitrogens with zero attached hydrogens (tertiary/aromatic N) is 6. The molecule has 0 bridgehead atoms. The second kappa shape index (κ2) is 6.48. The van der Waals surface area contributed by atoms with E-state index in [1.165, 1.54) is 11.3 Å². The third-order valence-electron chi connectivity index (χ3n) is 4.14. The van der Waals surface area contributed by atoms with E-state index in [1.54, 1.807) is 17.2 Å². The van der Waals surface area contributed by atoms with Crippen molar-refractivity contribution in [1.29, 1.82) is 0 Å². The monoisotopic (exact) mass is 340 g/mol. The van der Waals surface area contributed by atoms with E-state index in [0.717, 1.165) is 29.8 Å². The summed E-state index contributed by atoms with van der Waals surface area (Å²) in [5.41, 5.74) is 0.884. The van der Waals surface area contributed by atoms with Crippen molar-refractivity contribution in [2.75, 3.05) is 6.54 Å². The normalized spacial score (nSPS) is 17.3. The molecule has 1 aliphatic rings. The van der Waals surface area contributed by atoms with Crippen LogP contribution in [-0.2, 0) is 6.54 Å². The van der Waals surface area contributed by atoms with Gasteiger partial charge in [-0.25, -0.2) is 0 Å². The lowest BCUT2D eigenvalue weighted by Crippen LogP contribution is -2.38. The minimum atomic E-state index is 0.0990. The third-order valence-corrected chi connectivity index (χ3v) is 4.99. The van der Waals surface area contributed by atoms with E-state index in [-0.39, 0.29) is 11.9 Å². The van der Waals surface area contributed by atoms with E-state index < -0.39 is 0 Å². The maximum Gasteiger partial charge on any atom is 0.264 e. The summed E-state index contributed by atoms with van der Waals surface area (Å²) in [7, 11) is 0. The number of hydrogen-bond acceptors (Lipinski definition) is 6. The largest absolute Gasteiger partial charge is 0.333 e. The molecule has 0 saturated carbocycles. The van der Waals surface area contributed by atoms with Gasteiger partial charge in [0.25, 0.3) is 5.91 Å². The molecule has 0 spiro atoms. The van der Waals surface area contributed by atoms with Gasteiger partial charge in [0, 0.05) is 24.5 Å². The smallest absolute Gasteiger partial charge is 0.264 e. The van der Waals surface area contributed by atoms with Gasteiger partial charge in [-0.2, -0.15) is 4.80 Å². The maximum absolute atomic E-state index is 12.6. The van der Waals surface area contributed by atoms with Gasteiger partial charge < -0.3 is 4.90 Å². The number of hydrogen-bond donors (Lipinski definition) is 0. The number of aromatic nitrogens is 5. The Kier molecular flexibility index (Phi) is 4.04. The number of thiophene rings is 1. The first kappa shape index (κ1) is 14.9. The third kappa shape index (κ3) is 2.92. The molecular weight excluding hydrogens is 324 g/mol. The quantitative estimate of drug-likeness (QED) is 0.727. The molecule has 1 saturated heterocycles. The number of carbonyl (C=O) groups excluding carboxylic acids is 1. The Morgan fingerprint density at radius 2 is 2.17 bits per heavy atom. The maximum atomic E-state index is 12.6. The first-order chi connectivity index (χ1) is 11.8. The van der Waals surface area contributed by atoms with Gasteiger partial charge in [-0.3, -0.25) is 9.78 Å². The molecular formula is C16H16N6OS. The van der Waals surface area contributed by atoms with Crippen LogP contribution in [0.3, 0.4) is 0 Å². The van der Waals surface area contributed by atoms with Gasteiger partial charge in [0.05, 0.1) is 17.5 Å². The molecule has 1 aliphatic heterocycles. The van der Waals surface area contributed by atoms with Crippen molar-refractivity contribution in [3.8, 4) is 11.4 Å². The van der Waals surface area contributed by atoms with E-state index in [0.29, 0.717) is 12.4 Å². The molecule has 3 aromatic rings. The van der Waals surface area contributed by atoms with Crippen LogP contribution in [0.4, 0.5) is 0 Å². The van der Waals surface area contributed by atoms with Gasteiger partial charge in [-0.1, -0.05) is 6.07 Å². The van der Waals surface area contributed by atoms with Crippen LogP contribution in [-0.4, -0.2) is 48.6 Å². The van der Waals surface area contributed by atoms with Crippen LogP contribution in [0.5, 0.6) is 0 Å².